The van der Waals surface area contributed by atoms with Gasteiger partial charge in [-0.05, 0) is 26.8 Å². The summed E-state index contributed by atoms with van der Waals surface area (Å²) in [6, 6.07) is 8.17. The quantitative estimate of drug-likeness (QED) is 0.682. The molecule has 2 heterocycles. The first-order chi connectivity index (χ1) is 9.08. The Morgan fingerprint density at radius 3 is 2.63 bits per heavy atom. The van der Waals surface area contributed by atoms with Crippen LogP contribution in [0.25, 0.3) is 17.0 Å². The van der Waals surface area contributed by atoms with Crippen LogP contribution in [0.15, 0.2) is 24.3 Å². The van der Waals surface area contributed by atoms with Gasteiger partial charge in [-0.15, -0.1) is 10.2 Å². The summed E-state index contributed by atoms with van der Waals surface area (Å²) in [5.74, 6) is 0.795. The Hall–Kier alpha value is -1.94. The lowest BCUT2D eigenvalue weighted by atomic mass is 10.1. The van der Waals surface area contributed by atoms with Crippen LogP contribution < -0.4 is 0 Å². The largest absolute Gasteiger partial charge is 0.275 e. The van der Waals surface area contributed by atoms with E-state index in [9.17, 15) is 0 Å². The summed E-state index contributed by atoms with van der Waals surface area (Å²) in [5.41, 5.74) is 4.69. The summed E-state index contributed by atoms with van der Waals surface area (Å²) < 4.78 is 1.96. The molecular weight excluding hydrogens is 260 g/mol. The van der Waals surface area contributed by atoms with E-state index in [0.29, 0.717) is 10.8 Å². The Kier molecular flexibility index (Phi) is 2.75. The highest BCUT2D eigenvalue weighted by atomic mass is 35.5. The van der Waals surface area contributed by atoms with Gasteiger partial charge in [-0.25, -0.2) is 4.98 Å². The van der Waals surface area contributed by atoms with Crippen LogP contribution in [0.5, 0.6) is 0 Å². The highest BCUT2D eigenvalue weighted by Crippen LogP contribution is 2.24. The molecule has 0 aliphatic rings. The van der Waals surface area contributed by atoms with E-state index in [4.69, 9.17) is 11.6 Å². The first-order valence-corrected chi connectivity index (χ1v) is 6.40. The number of rotatable bonds is 1. The van der Waals surface area contributed by atoms with Crippen molar-refractivity contribution in [3.8, 4) is 11.4 Å². The SMILES string of the molecule is Cc1cccc(-c2nnc3c(Cl)nc(C)c(C)n23)c1. The van der Waals surface area contributed by atoms with Crippen LogP contribution in [0.3, 0.4) is 0 Å². The molecule has 0 aliphatic carbocycles. The molecule has 0 saturated carbocycles. The number of benzene rings is 1. The Balaban J connectivity index is 2.37. The van der Waals surface area contributed by atoms with Crippen molar-refractivity contribution in [2.24, 2.45) is 0 Å². The van der Waals surface area contributed by atoms with Crippen molar-refractivity contribution >= 4 is 17.2 Å². The first-order valence-electron chi connectivity index (χ1n) is 6.03. The summed E-state index contributed by atoms with van der Waals surface area (Å²) in [6.45, 7) is 5.98. The van der Waals surface area contributed by atoms with Crippen molar-refractivity contribution in [2.75, 3.05) is 0 Å². The van der Waals surface area contributed by atoms with Gasteiger partial charge in [0.05, 0.1) is 5.69 Å². The van der Waals surface area contributed by atoms with E-state index in [1.165, 1.54) is 5.56 Å². The number of hydrogen-bond acceptors (Lipinski definition) is 3. The maximum absolute atomic E-state index is 6.13. The van der Waals surface area contributed by atoms with E-state index in [-0.39, 0.29) is 0 Å². The van der Waals surface area contributed by atoms with E-state index < -0.39 is 0 Å². The smallest absolute Gasteiger partial charge is 0.199 e. The zero-order valence-corrected chi connectivity index (χ0v) is 11.7. The second kappa shape index (κ2) is 4.31. The number of aryl methyl sites for hydroxylation is 3. The van der Waals surface area contributed by atoms with Gasteiger partial charge < -0.3 is 0 Å². The maximum Gasteiger partial charge on any atom is 0.199 e. The van der Waals surface area contributed by atoms with Gasteiger partial charge in [0.15, 0.2) is 16.6 Å². The average molecular weight is 273 g/mol. The third-order valence-corrected chi connectivity index (χ3v) is 3.50. The number of fused-ring (bicyclic) bond motifs is 1. The lowest BCUT2D eigenvalue weighted by Gasteiger charge is -2.07. The molecule has 0 saturated heterocycles. The molecule has 4 nitrogen and oxygen atoms in total. The van der Waals surface area contributed by atoms with Gasteiger partial charge in [0, 0.05) is 11.3 Å². The minimum Gasteiger partial charge on any atom is -0.275 e. The van der Waals surface area contributed by atoms with Crippen molar-refractivity contribution < 1.29 is 0 Å². The minimum absolute atomic E-state index is 0.384. The van der Waals surface area contributed by atoms with Gasteiger partial charge in [0.25, 0.3) is 0 Å². The molecule has 1 aromatic carbocycles. The van der Waals surface area contributed by atoms with Gasteiger partial charge in [0.2, 0.25) is 0 Å². The highest BCUT2D eigenvalue weighted by Gasteiger charge is 2.15. The van der Waals surface area contributed by atoms with Crippen molar-refractivity contribution in [3.63, 3.8) is 0 Å². The second-order valence-corrected chi connectivity index (χ2v) is 4.98. The molecule has 3 aromatic rings. The number of halogens is 1. The average Bonchev–Trinajstić information content (AvgIpc) is 2.81. The fraction of sp³-hybridized carbons (Fsp3) is 0.214. The van der Waals surface area contributed by atoms with Crippen LogP contribution >= 0.6 is 11.6 Å². The fourth-order valence-corrected chi connectivity index (χ4v) is 2.40. The minimum atomic E-state index is 0.384. The summed E-state index contributed by atoms with van der Waals surface area (Å²) in [5, 5.41) is 8.79. The molecular formula is C14H13ClN4. The molecule has 0 fully saturated rings. The monoisotopic (exact) mass is 272 g/mol. The Labute approximate surface area is 116 Å². The van der Waals surface area contributed by atoms with Gasteiger partial charge >= 0.3 is 0 Å². The van der Waals surface area contributed by atoms with E-state index >= 15 is 0 Å². The van der Waals surface area contributed by atoms with E-state index in [0.717, 1.165) is 22.8 Å². The van der Waals surface area contributed by atoms with E-state index in [2.05, 4.69) is 34.2 Å². The molecule has 3 rings (SSSR count). The molecule has 19 heavy (non-hydrogen) atoms. The Bertz CT molecular complexity index is 776. The van der Waals surface area contributed by atoms with Crippen LogP contribution in [0, 0.1) is 20.8 Å². The predicted molar refractivity (Wildman–Crippen MR) is 75.4 cm³/mol. The lowest BCUT2D eigenvalue weighted by molar-refractivity contribution is 1.000. The Morgan fingerprint density at radius 1 is 1.11 bits per heavy atom. The molecule has 0 radical (unpaired) electrons. The van der Waals surface area contributed by atoms with Crippen molar-refractivity contribution in [1.82, 2.24) is 19.6 Å². The zero-order valence-electron chi connectivity index (χ0n) is 11.0. The van der Waals surface area contributed by atoms with Crippen LogP contribution in [0.2, 0.25) is 5.15 Å². The number of hydrogen-bond donors (Lipinski definition) is 0. The molecule has 0 aliphatic heterocycles. The van der Waals surface area contributed by atoms with Crippen molar-refractivity contribution in [3.05, 3.63) is 46.4 Å². The maximum atomic E-state index is 6.13. The fourth-order valence-electron chi connectivity index (χ4n) is 2.15. The standard InChI is InChI=1S/C14H13ClN4/c1-8-5-4-6-11(7-8)13-17-18-14-12(15)16-9(2)10(3)19(13)14/h4-7H,1-3H3. The molecule has 2 aromatic heterocycles. The lowest BCUT2D eigenvalue weighted by Crippen LogP contribution is -2.01. The summed E-state index contributed by atoms with van der Waals surface area (Å²) in [4.78, 5) is 4.27. The summed E-state index contributed by atoms with van der Waals surface area (Å²) in [7, 11) is 0. The van der Waals surface area contributed by atoms with Crippen LogP contribution in [-0.4, -0.2) is 19.6 Å². The van der Waals surface area contributed by atoms with Crippen molar-refractivity contribution in [1.29, 1.82) is 0 Å². The third kappa shape index (κ3) is 1.88. The van der Waals surface area contributed by atoms with E-state index in [1.54, 1.807) is 0 Å². The molecule has 5 heteroatoms. The van der Waals surface area contributed by atoms with Gasteiger partial charge in [-0.1, -0.05) is 35.4 Å². The number of aromatic nitrogens is 4. The predicted octanol–water partition coefficient (Wildman–Crippen LogP) is 3.37. The third-order valence-electron chi connectivity index (χ3n) is 3.25. The van der Waals surface area contributed by atoms with Crippen LogP contribution in [-0.2, 0) is 0 Å². The molecule has 0 unspecified atom stereocenters. The van der Waals surface area contributed by atoms with Crippen LogP contribution in [0.1, 0.15) is 17.0 Å². The topological polar surface area (TPSA) is 43.1 Å². The second-order valence-electron chi connectivity index (χ2n) is 4.63. The van der Waals surface area contributed by atoms with E-state index in [1.807, 2.05) is 30.4 Å². The first kappa shape index (κ1) is 12.1. The van der Waals surface area contributed by atoms with Crippen molar-refractivity contribution in [2.45, 2.75) is 20.8 Å². The van der Waals surface area contributed by atoms with Gasteiger partial charge in [-0.2, -0.15) is 0 Å². The molecule has 0 atom stereocenters. The van der Waals surface area contributed by atoms with Gasteiger partial charge in [0.1, 0.15) is 0 Å². The summed E-state index contributed by atoms with van der Waals surface area (Å²) in [6.07, 6.45) is 0. The van der Waals surface area contributed by atoms with Gasteiger partial charge in [-0.3, -0.25) is 4.40 Å². The normalized spacial score (nSPS) is 11.2. The molecule has 0 amide bonds. The summed E-state index contributed by atoms with van der Waals surface area (Å²) >= 11 is 6.13. The molecule has 0 spiro atoms. The molecule has 96 valence electrons. The highest BCUT2D eigenvalue weighted by molar-refractivity contribution is 6.32. The van der Waals surface area contributed by atoms with Crippen LogP contribution in [0.4, 0.5) is 0 Å². The Morgan fingerprint density at radius 2 is 1.89 bits per heavy atom. The molecule has 0 N–H and O–H groups in total. The zero-order chi connectivity index (χ0) is 13.6. The number of nitrogens with zero attached hydrogens (tertiary/aromatic N) is 4. The molecule has 0 bridgehead atoms.